The Balaban J connectivity index is 1.69. The summed E-state index contributed by atoms with van der Waals surface area (Å²) in [6.07, 6.45) is 4.08. The summed E-state index contributed by atoms with van der Waals surface area (Å²) in [4.78, 5) is 2.46. The summed E-state index contributed by atoms with van der Waals surface area (Å²) in [6.45, 7) is 5.14. The van der Waals surface area contributed by atoms with E-state index in [0.29, 0.717) is 5.92 Å². The van der Waals surface area contributed by atoms with Crippen molar-refractivity contribution in [3.05, 3.63) is 28.2 Å². The third-order valence-corrected chi connectivity index (χ3v) is 5.44. The van der Waals surface area contributed by atoms with Gasteiger partial charge in [-0.25, -0.2) is 0 Å². The molecule has 2 bridgehead atoms. The van der Waals surface area contributed by atoms with Gasteiger partial charge in [-0.2, -0.15) is 0 Å². The fraction of sp³-hybridized carbons (Fsp3) is 0.647. The first-order valence-corrected chi connectivity index (χ1v) is 8.81. The summed E-state index contributed by atoms with van der Waals surface area (Å²) in [7, 11) is 0. The van der Waals surface area contributed by atoms with Crippen molar-refractivity contribution in [1.29, 1.82) is 0 Å². The van der Waals surface area contributed by atoms with Crippen LogP contribution in [-0.4, -0.2) is 41.8 Å². The molecule has 4 heteroatoms. The molecule has 3 fully saturated rings. The van der Waals surface area contributed by atoms with Gasteiger partial charge < -0.3 is 9.84 Å². The lowest BCUT2D eigenvalue weighted by Gasteiger charge is -2.49. The van der Waals surface area contributed by atoms with Crippen molar-refractivity contribution in [3.8, 4) is 5.75 Å². The zero-order valence-electron chi connectivity index (χ0n) is 12.6. The van der Waals surface area contributed by atoms with E-state index in [4.69, 9.17) is 4.74 Å². The number of hydrogen-bond donors (Lipinski definition) is 1. The van der Waals surface area contributed by atoms with Gasteiger partial charge in [0.2, 0.25) is 0 Å². The number of halogens is 1. The Hall–Kier alpha value is -0.580. The van der Waals surface area contributed by atoms with Gasteiger partial charge >= 0.3 is 0 Å². The highest BCUT2D eigenvalue weighted by Gasteiger charge is 2.40. The average Bonchev–Trinajstić information content (AvgIpc) is 2.50. The van der Waals surface area contributed by atoms with Gasteiger partial charge in [0.05, 0.1) is 17.2 Å². The Morgan fingerprint density at radius 1 is 1.33 bits per heavy atom. The first kappa shape index (κ1) is 15.3. The maximum Gasteiger partial charge on any atom is 0.133 e. The summed E-state index contributed by atoms with van der Waals surface area (Å²) >= 11 is 3.60. The molecule has 1 N–H and O–H groups in total. The van der Waals surface area contributed by atoms with Gasteiger partial charge in [-0.1, -0.05) is 13.0 Å². The van der Waals surface area contributed by atoms with E-state index in [2.05, 4.69) is 39.9 Å². The van der Waals surface area contributed by atoms with E-state index in [9.17, 15) is 5.11 Å². The number of piperidine rings is 3. The van der Waals surface area contributed by atoms with Gasteiger partial charge in [0.15, 0.2) is 0 Å². The van der Waals surface area contributed by atoms with Crippen molar-refractivity contribution in [2.75, 3.05) is 19.7 Å². The van der Waals surface area contributed by atoms with E-state index in [1.165, 1.54) is 5.56 Å². The molecule has 0 aromatic heterocycles. The molecule has 3 heterocycles. The SMILES string of the molecule is CCCOc1ccc(CC2C(O)C3CCN2CC3)cc1Br. The third-order valence-electron chi connectivity index (χ3n) is 4.82. The van der Waals surface area contributed by atoms with Crippen LogP contribution in [0, 0.1) is 5.92 Å². The van der Waals surface area contributed by atoms with Crippen LogP contribution in [0.5, 0.6) is 5.75 Å². The van der Waals surface area contributed by atoms with Crippen LogP contribution in [0.4, 0.5) is 0 Å². The highest BCUT2D eigenvalue weighted by Crippen LogP contribution is 2.34. The maximum atomic E-state index is 10.5. The molecule has 0 aliphatic carbocycles. The van der Waals surface area contributed by atoms with Gasteiger partial charge in [0.25, 0.3) is 0 Å². The molecular formula is C17H24BrNO2. The largest absolute Gasteiger partial charge is 0.492 e. The van der Waals surface area contributed by atoms with E-state index in [-0.39, 0.29) is 12.1 Å². The number of benzene rings is 1. The second kappa shape index (κ2) is 6.67. The maximum absolute atomic E-state index is 10.5. The lowest BCUT2D eigenvalue weighted by atomic mass is 9.78. The van der Waals surface area contributed by atoms with Crippen molar-refractivity contribution in [2.45, 2.75) is 44.8 Å². The minimum Gasteiger partial charge on any atom is -0.492 e. The third kappa shape index (κ3) is 3.27. The zero-order chi connectivity index (χ0) is 14.8. The molecule has 4 rings (SSSR count). The quantitative estimate of drug-likeness (QED) is 0.881. The number of aliphatic hydroxyl groups excluding tert-OH is 1. The smallest absolute Gasteiger partial charge is 0.133 e. The molecule has 1 aromatic rings. The molecule has 2 unspecified atom stereocenters. The molecule has 1 aromatic carbocycles. The number of ether oxygens (including phenoxy) is 1. The lowest BCUT2D eigenvalue weighted by molar-refractivity contribution is -0.0715. The minimum absolute atomic E-state index is 0.165. The second-order valence-corrected chi connectivity index (χ2v) is 7.10. The van der Waals surface area contributed by atoms with Crippen molar-refractivity contribution < 1.29 is 9.84 Å². The molecule has 3 saturated heterocycles. The molecule has 0 amide bonds. The molecule has 0 saturated carbocycles. The number of hydrogen-bond acceptors (Lipinski definition) is 3. The Morgan fingerprint density at radius 2 is 2.10 bits per heavy atom. The molecule has 0 radical (unpaired) electrons. The van der Waals surface area contributed by atoms with E-state index in [0.717, 1.165) is 55.6 Å². The molecule has 2 atom stereocenters. The van der Waals surface area contributed by atoms with Gasteiger partial charge in [0, 0.05) is 6.04 Å². The molecule has 3 nitrogen and oxygen atoms in total. The van der Waals surface area contributed by atoms with Crippen LogP contribution in [0.25, 0.3) is 0 Å². The van der Waals surface area contributed by atoms with Gasteiger partial charge in [-0.05, 0) is 78.3 Å². The highest BCUT2D eigenvalue weighted by atomic mass is 79.9. The number of rotatable bonds is 5. The Kier molecular flexibility index (Phi) is 4.87. The van der Waals surface area contributed by atoms with Crippen LogP contribution in [0.15, 0.2) is 22.7 Å². The predicted molar refractivity (Wildman–Crippen MR) is 87.7 cm³/mol. The summed E-state index contributed by atoms with van der Waals surface area (Å²) in [5, 5.41) is 10.5. The highest BCUT2D eigenvalue weighted by molar-refractivity contribution is 9.10. The fourth-order valence-electron chi connectivity index (χ4n) is 3.61. The predicted octanol–water partition coefficient (Wildman–Crippen LogP) is 3.24. The Bertz CT molecular complexity index is 484. The van der Waals surface area contributed by atoms with Crippen molar-refractivity contribution in [3.63, 3.8) is 0 Å². The fourth-order valence-corrected chi connectivity index (χ4v) is 4.16. The van der Waals surface area contributed by atoms with Gasteiger partial charge in [0.1, 0.15) is 5.75 Å². The molecule has 3 aliphatic heterocycles. The number of nitrogens with zero attached hydrogens (tertiary/aromatic N) is 1. The zero-order valence-corrected chi connectivity index (χ0v) is 14.2. The van der Waals surface area contributed by atoms with E-state index >= 15 is 0 Å². The van der Waals surface area contributed by atoms with E-state index in [1.54, 1.807) is 0 Å². The van der Waals surface area contributed by atoms with Crippen molar-refractivity contribution >= 4 is 15.9 Å². The molecule has 3 aliphatic rings. The summed E-state index contributed by atoms with van der Waals surface area (Å²) in [5.74, 6) is 1.42. The minimum atomic E-state index is -0.165. The van der Waals surface area contributed by atoms with Crippen molar-refractivity contribution in [2.24, 2.45) is 5.92 Å². The summed E-state index contributed by atoms with van der Waals surface area (Å²) in [5.41, 5.74) is 1.27. The van der Waals surface area contributed by atoms with E-state index < -0.39 is 0 Å². The lowest BCUT2D eigenvalue weighted by Crippen LogP contribution is -2.58. The Labute approximate surface area is 135 Å². The van der Waals surface area contributed by atoms with Gasteiger partial charge in [-0.15, -0.1) is 0 Å². The van der Waals surface area contributed by atoms with Crippen molar-refractivity contribution in [1.82, 2.24) is 4.90 Å². The summed E-state index contributed by atoms with van der Waals surface area (Å²) < 4.78 is 6.71. The standard InChI is InChI=1S/C17H24BrNO2/c1-2-9-21-16-4-3-12(10-14(16)18)11-15-17(20)13-5-7-19(15)8-6-13/h3-4,10,13,15,17,20H,2,5-9,11H2,1H3. The number of aliphatic hydroxyl groups is 1. The molecule has 0 spiro atoms. The molecular weight excluding hydrogens is 330 g/mol. The molecule has 116 valence electrons. The van der Waals surface area contributed by atoms with Gasteiger partial charge in [-0.3, -0.25) is 4.90 Å². The van der Waals surface area contributed by atoms with Crippen LogP contribution >= 0.6 is 15.9 Å². The van der Waals surface area contributed by atoms with Crippen LogP contribution in [0.1, 0.15) is 31.7 Å². The number of fused-ring (bicyclic) bond motifs is 3. The first-order valence-electron chi connectivity index (χ1n) is 8.02. The van der Waals surface area contributed by atoms with Crippen LogP contribution in [-0.2, 0) is 6.42 Å². The Morgan fingerprint density at radius 3 is 2.71 bits per heavy atom. The first-order chi connectivity index (χ1) is 10.2. The van der Waals surface area contributed by atoms with Crippen LogP contribution in [0.2, 0.25) is 0 Å². The molecule has 21 heavy (non-hydrogen) atoms. The monoisotopic (exact) mass is 353 g/mol. The van der Waals surface area contributed by atoms with Crippen LogP contribution < -0.4 is 4.74 Å². The average molecular weight is 354 g/mol. The van der Waals surface area contributed by atoms with Crippen LogP contribution in [0.3, 0.4) is 0 Å². The second-order valence-electron chi connectivity index (χ2n) is 6.25. The normalized spacial score (nSPS) is 31.4. The summed E-state index contributed by atoms with van der Waals surface area (Å²) in [6, 6.07) is 6.59. The topological polar surface area (TPSA) is 32.7 Å². The van der Waals surface area contributed by atoms with E-state index in [1.807, 2.05) is 6.07 Å².